The third-order valence-electron chi connectivity index (χ3n) is 3.32. The molecule has 0 aliphatic carbocycles. The summed E-state index contributed by atoms with van der Waals surface area (Å²) in [4.78, 5) is 33.7. The van der Waals surface area contributed by atoms with E-state index in [1.807, 2.05) is 0 Å². The SMILES string of the molecule is Cc1cc([N+](=O)[O-])ccc1NC(=O)Cn1cc(C(F)(F)F)ccc1=O. The molecule has 0 saturated heterocycles. The van der Waals surface area contributed by atoms with Crippen molar-refractivity contribution in [3.05, 3.63) is 68.1 Å². The number of aromatic nitrogens is 1. The average Bonchev–Trinajstić information content (AvgIpc) is 2.50. The van der Waals surface area contributed by atoms with Crippen LogP contribution in [-0.2, 0) is 17.5 Å². The number of halogens is 3. The molecular weight excluding hydrogens is 343 g/mol. The molecule has 0 spiro atoms. The zero-order chi connectivity index (χ0) is 18.8. The quantitative estimate of drug-likeness (QED) is 0.674. The predicted octanol–water partition coefficient (Wildman–Crippen LogP) is 2.72. The van der Waals surface area contributed by atoms with Gasteiger partial charge < -0.3 is 9.88 Å². The number of amides is 1. The molecule has 0 aliphatic rings. The fourth-order valence-electron chi connectivity index (χ4n) is 2.07. The minimum atomic E-state index is -4.64. The molecule has 0 bridgehead atoms. The summed E-state index contributed by atoms with van der Waals surface area (Å²) in [6.07, 6.45) is -4.08. The Morgan fingerprint density at radius 1 is 1.28 bits per heavy atom. The van der Waals surface area contributed by atoms with Crippen molar-refractivity contribution in [1.29, 1.82) is 0 Å². The van der Waals surface area contributed by atoms with Crippen LogP contribution in [-0.4, -0.2) is 15.4 Å². The maximum absolute atomic E-state index is 12.7. The van der Waals surface area contributed by atoms with Crippen molar-refractivity contribution in [2.75, 3.05) is 5.32 Å². The number of hydrogen-bond donors (Lipinski definition) is 1. The predicted molar refractivity (Wildman–Crippen MR) is 82.2 cm³/mol. The molecule has 0 atom stereocenters. The third-order valence-corrected chi connectivity index (χ3v) is 3.32. The first-order valence-corrected chi connectivity index (χ1v) is 6.90. The maximum Gasteiger partial charge on any atom is 0.417 e. The van der Waals surface area contributed by atoms with Gasteiger partial charge >= 0.3 is 6.18 Å². The molecule has 0 aliphatic heterocycles. The van der Waals surface area contributed by atoms with Gasteiger partial charge in [0.2, 0.25) is 5.91 Å². The Labute approximate surface area is 138 Å². The summed E-state index contributed by atoms with van der Waals surface area (Å²) in [5, 5.41) is 13.1. The number of carbonyl (C=O) groups is 1. The van der Waals surface area contributed by atoms with E-state index in [4.69, 9.17) is 0 Å². The summed E-state index contributed by atoms with van der Waals surface area (Å²) in [5.74, 6) is -0.738. The van der Waals surface area contributed by atoms with E-state index in [0.717, 1.165) is 6.07 Å². The van der Waals surface area contributed by atoms with Gasteiger partial charge in [-0.15, -0.1) is 0 Å². The zero-order valence-corrected chi connectivity index (χ0v) is 12.8. The minimum Gasteiger partial charge on any atom is -0.324 e. The van der Waals surface area contributed by atoms with Gasteiger partial charge in [-0.2, -0.15) is 13.2 Å². The van der Waals surface area contributed by atoms with Gasteiger partial charge in [0.1, 0.15) is 6.54 Å². The number of nitrogens with zero attached hydrogens (tertiary/aromatic N) is 2. The van der Waals surface area contributed by atoms with Crippen LogP contribution in [0.5, 0.6) is 0 Å². The fraction of sp³-hybridized carbons (Fsp3) is 0.200. The Hall–Kier alpha value is -3.17. The van der Waals surface area contributed by atoms with Gasteiger partial charge in [-0.05, 0) is 24.6 Å². The topological polar surface area (TPSA) is 94.2 Å². The number of non-ortho nitro benzene ring substituents is 1. The highest BCUT2D eigenvalue weighted by Crippen LogP contribution is 2.28. The summed E-state index contributed by atoms with van der Waals surface area (Å²) in [7, 11) is 0. The Bertz CT molecular complexity index is 890. The molecule has 0 fully saturated rings. The van der Waals surface area contributed by atoms with Crippen molar-refractivity contribution in [3.8, 4) is 0 Å². The first-order chi connectivity index (χ1) is 11.6. The molecule has 1 heterocycles. The molecule has 2 aromatic rings. The lowest BCUT2D eigenvalue weighted by Crippen LogP contribution is -2.28. The minimum absolute atomic E-state index is 0.162. The number of nitro benzene ring substituents is 1. The van der Waals surface area contributed by atoms with Crippen LogP contribution in [0.2, 0.25) is 0 Å². The highest BCUT2D eigenvalue weighted by molar-refractivity contribution is 5.91. The first-order valence-electron chi connectivity index (χ1n) is 6.90. The van der Waals surface area contributed by atoms with Crippen LogP contribution in [0.25, 0.3) is 0 Å². The highest BCUT2D eigenvalue weighted by Gasteiger charge is 2.31. The van der Waals surface area contributed by atoms with E-state index in [1.165, 1.54) is 25.1 Å². The molecule has 7 nitrogen and oxygen atoms in total. The molecule has 132 valence electrons. The van der Waals surface area contributed by atoms with E-state index in [2.05, 4.69) is 5.32 Å². The van der Waals surface area contributed by atoms with Crippen molar-refractivity contribution < 1.29 is 22.9 Å². The summed E-state index contributed by atoms with van der Waals surface area (Å²) < 4.78 is 38.6. The number of nitro groups is 1. The van der Waals surface area contributed by atoms with Crippen LogP contribution in [0.3, 0.4) is 0 Å². The monoisotopic (exact) mass is 355 g/mol. The van der Waals surface area contributed by atoms with Gasteiger partial charge in [0.25, 0.3) is 11.2 Å². The van der Waals surface area contributed by atoms with Gasteiger partial charge in [0.15, 0.2) is 0 Å². The second kappa shape index (κ2) is 6.75. The number of benzene rings is 1. The van der Waals surface area contributed by atoms with Crippen LogP contribution in [0.15, 0.2) is 41.3 Å². The molecule has 1 aromatic carbocycles. The van der Waals surface area contributed by atoms with E-state index in [1.54, 1.807) is 0 Å². The number of nitrogens with one attached hydrogen (secondary N) is 1. The van der Waals surface area contributed by atoms with Crippen molar-refractivity contribution in [2.24, 2.45) is 0 Å². The summed E-state index contributed by atoms with van der Waals surface area (Å²) >= 11 is 0. The number of alkyl halides is 3. The lowest BCUT2D eigenvalue weighted by atomic mass is 10.2. The molecule has 0 unspecified atom stereocenters. The van der Waals surface area contributed by atoms with Crippen LogP contribution < -0.4 is 10.9 Å². The Morgan fingerprint density at radius 2 is 1.96 bits per heavy atom. The van der Waals surface area contributed by atoms with Crippen LogP contribution in [0.1, 0.15) is 11.1 Å². The van der Waals surface area contributed by atoms with Gasteiger partial charge in [-0.3, -0.25) is 19.7 Å². The van der Waals surface area contributed by atoms with Crippen molar-refractivity contribution >= 4 is 17.3 Å². The van der Waals surface area contributed by atoms with E-state index in [0.29, 0.717) is 22.4 Å². The molecule has 10 heteroatoms. The van der Waals surface area contributed by atoms with Crippen molar-refractivity contribution in [3.63, 3.8) is 0 Å². The number of anilines is 1. The van der Waals surface area contributed by atoms with Gasteiger partial charge in [0, 0.05) is 30.1 Å². The summed E-state index contributed by atoms with van der Waals surface area (Å²) in [5.41, 5.74) is -1.31. The smallest absolute Gasteiger partial charge is 0.324 e. The van der Waals surface area contributed by atoms with Crippen LogP contribution in [0.4, 0.5) is 24.5 Å². The number of carbonyl (C=O) groups excluding carboxylic acids is 1. The Balaban J connectivity index is 2.18. The molecule has 2 rings (SSSR count). The molecule has 1 aromatic heterocycles. The van der Waals surface area contributed by atoms with Crippen LogP contribution >= 0.6 is 0 Å². The molecule has 1 amide bonds. The highest BCUT2D eigenvalue weighted by atomic mass is 19.4. The normalized spacial score (nSPS) is 11.2. The number of pyridine rings is 1. The van der Waals surface area contributed by atoms with Crippen LogP contribution in [0, 0.1) is 17.0 Å². The summed E-state index contributed by atoms with van der Waals surface area (Å²) in [6.45, 7) is 0.901. The third kappa shape index (κ3) is 4.43. The first kappa shape index (κ1) is 18.2. The van der Waals surface area contributed by atoms with Crippen molar-refractivity contribution in [1.82, 2.24) is 4.57 Å². The molecule has 25 heavy (non-hydrogen) atoms. The van der Waals surface area contributed by atoms with Gasteiger partial charge in [-0.25, -0.2) is 0 Å². The number of aryl methyl sites for hydroxylation is 1. The molecule has 0 saturated carbocycles. The largest absolute Gasteiger partial charge is 0.417 e. The summed E-state index contributed by atoms with van der Waals surface area (Å²) in [6, 6.07) is 5.09. The number of hydrogen-bond acceptors (Lipinski definition) is 4. The molecule has 0 radical (unpaired) electrons. The van der Waals surface area contributed by atoms with Crippen molar-refractivity contribution in [2.45, 2.75) is 19.6 Å². The number of rotatable bonds is 4. The average molecular weight is 355 g/mol. The standard InChI is InChI=1S/C15H12F3N3O4/c1-9-6-11(21(24)25)3-4-12(9)19-13(22)8-20-7-10(15(16,17)18)2-5-14(20)23/h2-7H,8H2,1H3,(H,19,22). The Morgan fingerprint density at radius 3 is 2.52 bits per heavy atom. The van der Waals surface area contributed by atoms with E-state index >= 15 is 0 Å². The maximum atomic E-state index is 12.7. The van der Waals surface area contributed by atoms with E-state index in [-0.39, 0.29) is 11.4 Å². The molecular formula is C15H12F3N3O4. The van der Waals surface area contributed by atoms with Gasteiger partial charge in [0.05, 0.1) is 10.5 Å². The van der Waals surface area contributed by atoms with E-state index in [9.17, 15) is 32.9 Å². The Kier molecular flexibility index (Phi) is 4.91. The van der Waals surface area contributed by atoms with E-state index < -0.39 is 34.7 Å². The second-order valence-corrected chi connectivity index (χ2v) is 5.19. The lowest BCUT2D eigenvalue weighted by molar-refractivity contribution is -0.384. The van der Waals surface area contributed by atoms with Gasteiger partial charge in [-0.1, -0.05) is 0 Å². The lowest BCUT2D eigenvalue weighted by Gasteiger charge is -2.12. The molecule has 1 N–H and O–H groups in total. The fourth-order valence-corrected chi connectivity index (χ4v) is 2.07. The zero-order valence-electron chi connectivity index (χ0n) is 12.8. The second-order valence-electron chi connectivity index (χ2n) is 5.19.